The Kier molecular flexibility index (Phi) is 6.70. The SMILES string of the molecule is CC(C)(C)NC(=O)c1ccc(NC(=O)c2cccc(OCc3ccc(F)cc3)c2)cc1. The Hall–Kier alpha value is -3.67. The molecule has 0 saturated carbocycles. The van der Waals surface area contributed by atoms with Gasteiger partial charge < -0.3 is 15.4 Å². The molecule has 0 aliphatic heterocycles. The van der Waals surface area contributed by atoms with Crippen LogP contribution in [0, 0.1) is 5.82 Å². The molecule has 2 N–H and O–H groups in total. The fourth-order valence-electron chi connectivity index (χ4n) is 2.80. The van der Waals surface area contributed by atoms with Crippen molar-refractivity contribution in [2.45, 2.75) is 32.9 Å². The largest absolute Gasteiger partial charge is 0.489 e. The molecule has 0 aromatic heterocycles. The van der Waals surface area contributed by atoms with Crippen molar-refractivity contribution in [1.82, 2.24) is 5.32 Å². The number of hydrogen-bond acceptors (Lipinski definition) is 3. The molecule has 0 bridgehead atoms. The van der Waals surface area contributed by atoms with Crippen LogP contribution in [0.25, 0.3) is 0 Å². The van der Waals surface area contributed by atoms with E-state index < -0.39 is 0 Å². The van der Waals surface area contributed by atoms with Gasteiger partial charge >= 0.3 is 0 Å². The molecule has 0 spiro atoms. The predicted molar refractivity (Wildman–Crippen MR) is 119 cm³/mol. The lowest BCUT2D eigenvalue weighted by Gasteiger charge is -2.20. The van der Waals surface area contributed by atoms with E-state index in [2.05, 4.69) is 10.6 Å². The number of halogens is 1. The zero-order chi connectivity index (χ0) is 22.4. The monoisotopic (exact) mass is 420 g/mol. The number of ether oxygens (including phenoxy) is 1. The van der Waals surface area contributed by atoms with Gasteiger partial charge in [0.1, 0.15) is 18.2 Å². The van der Waals surface area contributed by atoms with Crippen molar-refractivity contribution in [3.8, 4) is 5.75 Å². The van der Waals surface area contributed by atoms with Crippen LogP contribution in [0.1, 0.15) is 47.1 Å². The molecule has 0 atom stereocenters. The molecular formula is C25H25FN2O3. The van der Waals surface area contributed by atoms with E-state index in [0.29, 0.717) is 22.6 Å². The van der Waals surface area contributed by atoms with E-state index in [-0.39, 0.29) is 29.8 Å². The Morgan fingerprint density at radius 3 is 2.19 bits per heavy atom. The van der Waals surface area contributed by atoms with Crippen LogP contribution in [-0.2, 0) is 6.61 Å². The number of anilines is 1. The van der Waals surface area contributed by atoms with Crippen LogP contribution in [0.15, 0.2) is 72.8 Å². The maximum absolute atomic E-state index is 13.0. The van der Waals surface area contributed by atoms with E-state index in [1.165, 1.54) is 12.1 Å². The minimum Gasteiger partial charge on any atom is -0.489 e. The molecule has 0 aliphatic rings. The Bertz CT molecular complexity index is 1060. The minimum atomic E-state index is -0.326. The van der Waals surface area contributed by atoms with Gasteiger partial charge in [-0.05, 0) is 80.9 Å². The van der Waals surface area contributed by atoms with Crippen LogP contribution in [0.3, 0.4) is 0 Å². The lowest BCUT2D eigenvalue weighted by molar-refractivity contribution is 0.0919. The number of hydrogen-bond donors (Lipinski definition) is 2. The van der Waals surface area contributed by atoms with Gasteiger partial charge in [0.2, 0.25) is 0 Å². The molecule has 160 valence electrons. The summed E-state index contributed by atoms with van der Waals surface area (Å²) in [7, 11) is 0. The van der Waals surface area contributed by atoms with Crippen molar-refractivity contribution in [2.24, 2.45) is 0 Å². The molecule has 0 aliphatic carbocycles. The summed E-state index contributed by atoms with van der Waals surface area (Å²) in [6, 6.07) is 19.6. The molecule has 31 heavy (non-hydrogen) atoms. The molecular weight excluding hydrogens is 395 g/mol. The molecule has 0 fully saturated rings. The standard InChI is InChI=1S/C25H25FN2O3/c1-25(2,3)28-24(30)18-9-13-21(14-10-18)27-23(29)19-5-4-6-22(15-19)31-16-17-7-11-20(26)12-8-17/h4-15H,16H2,1-3H3,(H,27,29)(H,28,30). The number of nitrogens with one attached hydrogen (secondary N) is 2. The van der Waals surface area contributed by atoms with Gasteiger partial charge in [0, 0.05) is 22.4 Å². The lowest BCUT2D eigenvalue weighted by atomic mass is 10.1. The Labute approximate surface area is 181 Å². The number of rotatable bonds is 6. The topological polar surface area (TPSA) is 67.4 Å². The van der Waals surface area contributed by atoms with Crippen molar-refractivity contribution in [3.63, 3.8) is 0 Å². The van der Waals surface area contributed by atoms with Crippen LogP contribution in [0.2, 0.25) is 0 Å². The number of benzene rings is 3. The summed E-state index contributed by atoms with van der Waals surface area (Å²) >= 11 is 0. The van der Waals surface area contributed by atoms with Gasteiger partial charge in [0.05, 0.1) is 0 Å². The van der Waals surface area contributed by atoms with E-state index in [1.54, 1.807) is 60.7 Å². The Balaban J connectivity index is 1.60. The molecule has 3 aromatic carbocycles. The number of carbonyl (C=O) groups is 2. The van der Waals surface area contributed by atoms with E-state index in [9.17, 15) is 14.0 Å². The van der Waals surface area contributed by atoms with Crippen molar-refractivity contribution in [1.29, 1.82) is 0 Å². The van der Waals surface area contributed by atoms with E-state index in [1.807, 2.05) is 20.8 Å². The average molecular weight is 420 g/mol. The summed E-state index contributed by atoms with van der Waals surface area (Å²) in [6.45, 7) is 6.01. The average Bonchev–Trinajstić information content (AvgIpc) is 2.73. The van der Waals surface area contributed by atoms with Gasteiger partial charge in [-0.3, -0.25) is 9.59 Å². The van der Waals surface area contributed by atoms with E-state index >= 15 is 0 Å². The first-order chi connectivity index (χ1) is 14.7. The quantitative estimate of drug-likeness (QED) is 0.577. The highest BCUT2D eigenvalue weighted by Gasteiger charge is 2.15. The van der Waals surface area contributed by atoms with Crippen LogP contribution < -0.4 is 15.4 Å². The zero-order valence-corrected chi connectivity index (χ0v) is 17.7. The fourth-order valence-corrected chi connectivity index (χ4v) is 2.80. The first-order valence-electron chi connectivity index (χ1n) is 9.91. The summed E-state index contributed by atoms with van der Waals surface area (Å²) in [5.74, 6) is -0.230. The van der Waals surface area contributed by atoms with Gasteiger partial charge in [-0.15, -0.1) is 0 Å². The summed E-state index contributed by atoms with van der Waals surface area (Å²) in [5.41, 5.74) is 2.03. The third kappa shape index (κ3) is 6.67. The highest BCUT2D eigenvalue weighted by Crippen LogP contribution is 2.18. The van der Waals surface area contributed by atoms with Crippen molar-refractivity contribution in [3.05, 3.63) is 95.3 Å². The molecule has 0 saturated heterocycles. The first kappa shape index (κ1) is 22.0. The third-order valence-corrected chi connectivity index (χ3v) is 4.31. The van der Waals surface area contributed by atoms with E-state index in [0.717, 1.165) is 5.56 Å². The highest BCUT2D eigenvalue weighted by molar-refractivity contribution is 6.04. The van der Waals surface area contributed by atoms with Crippen LogP contribution in [0.5, 0.6) is 5.75 Å². The first-order valence-corrected chi connectivity index (χ1v) is 9.91. The fraction of sp³-hybridized carbons (Fsp3) is 0.200. The molecule has 3 rings (SSSR count). The van der Waals surface area contributed by atoms with E-state index in [4.69, 9.17) is 4.74 Å². The Morgan fingerprint density at radius 1 is 0.871 bits per heavy atom. The third-order valence-electron chi connectivity index (χ3n) is 4.31. The molecule has 6 heteroatoms. The molecule has 0 radical (unpaired) electrons. The van der Waals surface area contributed by atoms with Gasteiger partial charge in [-0.25, -0.2) is 4.39 Å². The van der Waals surface area contributed by atoms with Gasteiger partial charge in [0.25, 0.3) is 11.8 Å². The minimum absolute atomic E-state index is 0.170. The molecule has 0 heterocycles. The number of amides is 2. The zero-order valence-electron chi connectivity index (χ0n) is 17.7. The van der Waals surface area contributed by atoms with Crippen molar-refractivity contribution < 1.29 is 18.7 Å². The van der Waals surface area contributed by atoms with Gasteiger partial charge in [-0.2, -0.15) is 0 Å². The summed E-state index contributed by atoms with van der Waals surface area (Å²) in [4.78, 5) is 24.8. The second-order valence-corrected chi connectivity index (χ2v) is 8.18. The van der Waals surface area contributed by atoms with Crippen LogP contribution in [-0.4, -0.2) is 17.4 Å². The smallest absolute Gasteiger partial charge is 0.255 e. The molecule has 5 nitrogen and oxygen atoms in total. The normalized spacial score (nSPS) is 11.0. The lowest BCUT2D eigenvalue weighted by Crippen LogP contribution is -2.40. The molecule has 0 unspecified atom stereocenters. The predicted octanol–water partition coefficient (Wildman–Crippen LogP) is 5.19. The summed E-state index contributed by atoms with van der Waals surface area (Å²) in [5, 5.41) is 5.71. The van der Waals surface area contributed by atoms with Crippen LogP contribution in [0.4, 0.5) is 10.1 Å². The van der Waals surface area contributed by atoms with Gasteiger partial charge in [-0.1, -0.05) is 18.2 Å². The second kappa shape index (κ2) is 9.43. The van der Waals surface area contributed by atoms with Crippen molar-refractivity contribution >= 4 is 17.5 Å². The highest BCUT2D eigenvalue weighted by atomic mass is 19.1. The summed E-state index contributed by atoms with van der Waals surface area (Å²) < 4.78 is 18.7. The summed E-state index contributed by atoms with van der Waals surface area (Å²) in [6.07, 6.45) is 0. The second-order valence-electron chi connectivity index (χ2n) is 8.18. The number of carbonyl (C=O) groups excluding carboxylic acids is 2. The van der Waals surface area contributed by atoms with Crippen molar-refractivity contribution in [2.75, 3.05) is 5.32 Å². The molecule has 2 amide bonds. The maximum Gasteiger partial charge on any atom is 0.255 e. The Morgan fingerprint density at radius 2 is 1.55 bits per heavy atom. The van der Waals surface area contributed by atoms with Crippen LogP contribution >= 0.6 is 0 Å². The van der Waals surface area contributed by atoms with Gasteiger partial charge in [0.15, 0.2) is 0 Å². The molecule has 3 aromatic rings. The maximum atomic E-state index is 13.0.